The van der Waals surface area contributed by atoms with E-state index in [4.69, 9.17) is 14.0 Å². The van der Waals surface area contributed by atoms with Gasteiger partial charge < -0.3 is 19.1 Å². The number of nitrogens with zero attached hydrogens (tertiary/aromatic N) is 2. The number of aliphatic hydroxyl groups is 1. The van der Waals surface area contributed by atoms with E-state index in [1.54, 1.807) is 0 Å². The summed E-state index contributed by atoms with van der Waals surface area (Å²) in [5.41, 5.74) is 0.192. The van der Waals surface area contributed by atoms with Crippen LogP contribution in [0, 0.1) is 0 Å². The molecule has 1 aromatic heterocycles. The number of hydrogen-bond acceptors (Lipinski definition) is 6. The average Bonchev–Trinajstić information content (AvgIpc) is 3.33. The minimum absolute atomic E-state index is 0.0694. The van der Waals surface area contributed by atoms with Crippen LogP contribution in [-0.4, -0.2) is 34.1 Å². The number of ether oxygens (including phenoxy) is 2. The number of rotatable bonds is 5. The molecule has 6 heteroatoms. The molecule has 1 unspecified atom stereocenters. The van der Waals surface area contributed by atoms with Crippen LogP contribution < -0.4 is 4.74 Å². The Hall–Kier alpha value is -1.92. The average molecular weight is 344 g/mol. The molecule has 1 atom stereocenters. The quantitative estimate of drug-likeness (QED) is 0.892. The van der Waals surface area contributed by atoms with Crippen molar-refractivity contribution < 1.29 is 19.1 Å². The molecular formula is C19H24N2O4. The van der Waals surface area contributed by atoms with E-state index in [0.717, 1.165) is 56.4 Å². The van der Waals surface area contributed by atoms with Gasteiger partial charge in [0.1, 0.15) is 18.5 Å². The Morgan fingerprint density at radius 3 is 2.64 bits per heavy atom. The molecule has 4 rings (SSSR count). The van der Waals surface area contributed by atoms with Crippen LogP contribution in [0.3, 0.4) is 0 Å². The fourth-order valence-corrected chi connectivity index (χ4v) is 3.53. The van der Waals surface area contributed by atoms with Gasteiger partial charge in [0.05, 0.1) is 5.60 Å². The molecule has 134 valence electrons. The third kappa shape index (κ3) is 3.85. The minimum Gasteiger partial charge on any atom is -0.491 e. The van der Waals surface area contributed by atoms with Gasteiger partial charge in [-0.2, -0.15) is 4.98 Å². The molecule has 1 aliphatic carbocycles. The lowest BCUT2D eigenvalue weighted by Crippen LogP contribution is -2.37. The van der Waals surface area contributed by atoms with E-state index in [1.165, 1.54) is 6.42 Å². The molecule has 2 heterocycles. The summed E-state index contributed by atoms with van der Waals surface area (Å²) in [6.07, 6.45) is 6.88. The van der Waals surface area contributed by atoms with E-state index >= 15 is 0 Å². The SMILES string of the molecule is OC1(COc2ccc(-c3noc(C4CCCO4)n3)cc2)CCCCC1. The molecule has 0 amide bonds. The maximum absolute atomic E-state index is 10.5. The van der Waals surface area contributed by atoms with Crippen LogP contribution in [0.2, 0.25) is 0 Å². The highest BCUT2D eigenvalue weighted by Crippen LogP contribution is 2.30. The Balaban J connectivity index is 1.38. The third-order valence-electron chi connectivity index (χ3n) is 5.05. The molecule has 1 saturated heterocycles. The first-order valence-corrected chi connectivity index (χ1v) is 9.13. The molecule has 6 nitrogen and oxygen atoms in total. The van der Waals surface area contributed by atoms with Gasteiger partial charge in [-0.1, -0.05) is 24.4 Å². The Morgan fingerprint density at radius 1 is 1.12 bits per heavy atom. The van der Waals surface area contributed by atoms with Gasteiger partial charge in [-0.15, -0.1) is 0 Å². The lowest BCUT2D eigenvalue weighted by molar-refractivity contribution is -0.0339. The summed E-state index contributed by atoms with van der Waals surface area (Å²) in [6, 6.07) is 7.57. The van der Waals surface area contributed by atoms with Gasteiger partial charge in [-0.05, 0) is 49.9 Å². The van der Waals surface area contributed by atoms with Crippen molar-refractivity contribution in [2.75, 3.05) is 13.2 Å². The molecule has 1 aliphatic heterocycles. The summed E-state index contributed by atoms with van der Waals surface area (Å²) < 4.78 is 16.7. The van der Waals surface area contributed by atoms with Crippen molar-refractivity contribution in [3.05, 3.63) is 30.2 Å². The minimum atomic E-state index is -0.680. The zero-order chi connectivity index (χ0) is 17.1. The molecular weight excluding hydrogens is 320 g/mol. The van der Waals surface area contributed by atoms with E-state index in [9.17, 15) is 5.11 Å². The summed E-state index contributed by atoms with van der Waals surface area (Å²) in [7, 11) is 0. The molecule has 2 aliphatic rings. The van der Waals surface area contributed by atoms with E-state index in [-0.39, 0.29) is 6.10 Å². The first-order chi connectivity index (χ1) is 12.2. The second kappa shape index (κ2) is 7.14. The molecule has 2 aromatic rings. The van der Waals surface area contributed by atoms with Gasteiger partial charge in [0, 0.05) is 12.2 Å². The van der Waals surface area contributed by atoms with Crippen molar-refractivity contribution in [1.82, 2.24) is 10.1 Å². The summed E-state index contributed by atoms with van der Waals surface area (Å²) in [5, 5.41) is 14.5. The van der Waals surface area contributed by atoms with Gasteiger partial charge in [0.15, 0.2) is 0 Å². The maximum atomic E-state index is 10.5. The Morgan fingerprint density at radius 2 is 1.92 bits per heavy atom. The van der Waals surface area contributed by atoms with E-state index in [1.807, 2.05) is 24.3 Å². The van der Waals surface area contributed by atoms with Crippen molar-refractivity contribution in [2.24, 2.45) is 0 Å². The van der Waals surface area contributed by atoms with Crippen LogP contribution in [0.25, 0.3) is 11.4 Å². The van der Waals surface area contributed by atoms with Crippen molar-refractivity contribution in [1.29, 1.82) is 0 Å². The monoisotopic (exact) mass is 344 g/mol. The first kappa shape index (κ1) is 16.5. The Kier molecular flexibility index (Phi) is 4.72. The molecule has 1 N–H and O–H groups in total. The van der Waals surface area contributed by atoms with Gasteiger partial charge in [-0.3, -0.25) is 0 Å². The maximum Gasteiger partial charge on any atom is 0.256 e. The normalized spacial score (nSPS) is 22.8. The fraction of sp³-hybridized carbons (Fsp3) is 0.579. The number of aromatic nitrogens is 2. The third-order valence-corrected chi connectivity index (χ3v) is 5.05. The number of hydrogen-bond donors (Lipinski definition) is 1. The highest BCUT2D eigenvalue weighted by molar-refractivity contribution is 5.55. The highest BCUT2D eigenvalue weighted by Gasteiger charge is 2.30. The highest BCUT2D eigenvalue weighted by atomic mass is 16.5. The largest absolute Gasteiger partial charge is 0.491 e. The van der Waals surface area contributed by atoms with Crippen LogP contribution in [0.4, 0.5) is 0 Å². The molecule has 1 saturated carbocycles. The Bertz CT molecular complexity index is 686. The summed E-state index contributed by atoms with van der Waals surface area (Å²) >= 11 is 0. The Labute approximate surface area is 147 Å². The lowest BCUT2D eigenvalue weighted by atomic mass is 9.85. The lowest BCUT2D eigenvalue weighted by Gasteiger charge is -2.31. The second-order valence-corrected chi connectivity index (χ2v) is 7.06. The van der Waals surface area contributed by atoms with Crippen molar-refractivity contribution in [2.45, 2.75) is 56.7 Å². The zero-order valence-electron chi connectivity index (χ0n) is 14.3. The van der Waals surface area contributed by atoms with Crippen LogP contribution in [0.5, 0.6) is 5.75 Å². The predicted octanol–water partition coefficient (Wildman–Crippen LogP) is 3.66. The smallest absolute Gasteiger partial charge is 0.256 e. The standard InChI is InChI=1S/C19H24N2O4/c22-19(10-2-1-3-11-19)13-24-15-8-6-14(7-9-15)17-20-18(25-21-17)16-5-4-12-23-16/h6-9,16,22H,1-5,10-13H2. The van der Waals surface area contributed by atoms with Crippen LogP contribution >= 0.6 is 0 Å². The fourth-order valence-electron chi connectivity index (χ4n) is 3.53. The number of benzene rings is 1. The van der Waals surface area contributed by atoms with Gasteiger partial charge >= 0.3 is 0 Å². The van der Waals surface area contributed by atoms with E-state index < -0.39 is 5.60 Å². The molecule has 0 spiro atoms. The molecule has 1 aromatic carbocycles. The van der Waals surface area contributed by atoms with Gasteiger partial charge in [-0.25, -0.2) is 0 Å². The van der Waals surface area contributed by atoms with Crippen LogP contribution in [0.15, 0.2) is 28.8 Å². The first-order valence-electron chi connectivity index (χ1n) is 9.13. The molecule has 0 radical (unpaired) electrons. The summed E-state index contributed by atoms with van der Waals surface area (Å²) in [5.74, 6) is 1.85. The molecule has 2 fully saturated rings. The van der Waals surface area contributed by atoms with Gasteiger partial charge in [0.2, 0.25) is 5.82 Å². The topological polar surface area (TPSA) is 77.6 Å². The van der Waals surface area contributed by atoms with Crippen molar-refractivity contribution in [3.8, 4) is 17.1 Å². The van der Waals surface area contributed by atoms with Crippen molar-refractivity contribution in [3.63, 3.8) is 0 Å². The molecule has 25 heavy (non-hydrogen) atoms. The van der Waals surface area contributed by atoms with Gasteiger partial charge in [0.25, 0.3) is 5.89 Å². The predicted molar refractivity (Wildman–Crippen MR) is 91.2 cm³/mol. The zero-order valence-corrected chi connectivity index (χ0v) is 14.3. The summed E-state index contributed by atoms with van der Waals surface area (Å²) in [4.78, 5) is 4.44. The van der Waals surface area contributed by atoms with Crippen LogP contribution in [0.1, 0.15) is 56.9 Å². The van der Waals surface area contributed by atoms with Crippen molar-refractivity contribution >= 4 is 0 Å². The second-order valence-electron chi connectivity index (χ2n) is 7.06. The van der Waals surface area contributed by atoms with E-state index in [2.05, 4.69) is 10.1 Å². The van der Waals surface area contributed by atoms with Crippen LogP contribution in [-0.2, 0) is 4.74 Å². The van der Waals surface area contributed by atoms with E-state index in [0.29, 0.717) is 18.3 Å². The summed E-state index contributed by atoms with van der Waals surface area (Å²) in [6.45, 7) is 1.10. The molecule has 0 bridgehead atoms.